The van der Waals surface area contributed by atoms with Crippen LogP contribution in [0.1, 0.15) is 58.4 Å². The Labute approximate surface area is 208 Å². The summed E-state index contributed by atoms with van der Waals surface area (Å²) in [5.41, 5.74) is 5.24. The van der Waals surface area contributed by atoms with Crippen molar-refractivity contribution in [2.75, 3.05) is 5.32 Å². The van der Waals surface area contributed by atoms with Crippen molar-refractivity contribution in [1.29, 1.82) is 0 Å². The highest BCUT2D eigenvalue weighted by Crippen LogP contribution is 2.41. The molecule has 0 aliphatic heterocycles. The monoisotopic (exact) mass is 521 g/mol. The Morgan fingerprint density at radius 1 is 1.19 bits per heavy atom. The molecule has 2 aliphatic carbocycles. The molecule has 2 saturated carbocycles. The fraction of sp³-hybridized carbons (Fsp3) is 0.391. The summed E-state index contributed by atoms with van der Waals surface area (Å²) in [4.78, 5) is 29.3. The smallest absolute Gasteiger partial charge is 0.349 e. The van der Waals surface area contributed by atoms with Gasteiger partial charge < -0.3 is 20.9 Å². The number of carbonyl (C=O) groups excluding carboxylic acids is 2. The van der Waals surface area contributed by atoms with Gasteiger partial charge in [-0.2, -0.15) is 18.3 Å². The Kier molecular flexibility index (Phi) is 6.03. The number of imidazole rings is 1. The zero-order chi connectivity index (χ0) is 25.8. The Bertz CT molecular complexity index is 1340. The number of hydrogen-bond acceptors (Lipinski definition) is 5. The lowest BCUT2D eigenvalue weighted by Crippen LogP contribution is -2.50. The van der Waals surface area contributed by atoms with Gasteiger partial charge in [0.05, 0.1) is 34.1 Å². The Balaban J connectivity index is 1.33. The lowest BCUT2D eigenvalue weighted by Gasteiger charge is -2.33. The molecule has 2 fully saturated rings. The van der Waals surface area contributed by atoms with E-state index in [9.17, 15) is 22.8 Å². The van der Waals surface area contributed by atoms with Crippen LogP contribution in [0, 0.1) is 0 Å². The third-order valence-electron chi connectivity index (χ3n) is 6.37. The molecule has 190 valence electrons. The van der Waals surface area contributed by atoms with Gasteiger partial charge in [0.2, 0.25) is 0 Å². The minimum absolute atomic E-state index is 0.00907. The molecule has 2 aromatic heterocycles. The molecule has 9 nitrogen and oxygen atoms in total. The van der Waals surface area contributed by atoms with Gasteiger partial charge >= 0.3 is 6.18 Å². The molecule has 0 bridgehead atoms. The summed E-state index contributed by atoms with van der Waals surface area (Å²) in [6.45, 7) is 0. The maximum Gasteiger partial charge on any atom is 0.435 e. The average Bonchev–Trinajstić information content (AvgIpc) is 3.40. The number of anilines is 1. The highest BCUT2D eigenvalue weighted by atomic mass is 35.5. The number of nitrogens with two attached hydrogens (primary N) is 1. The topological polar surface area (TPSA) is 120 Å². The SMILES string of the molecule is Cn1c(-c2cn(C3CC3)nc2C(F)(F)F)cnc1C(=O)Nc1ccc(C(=O)NC2CC(N)C2)c(Cl)c1. The van der Waals surface area contributed by atoms with Crippen molar-refractivity contribution in [1.82, 2.24) is 24.6 Å². The van der Waals surface area contributed by atoms with Gasteiger partial charge in [-0.3, -0.25) is 14.3 Å². The van der Waals surface area contributed by atoms with E-state index in [2.05, 4.69) is 20.7 Å². The molecule has 0 saturated heterocycles. The molecule has 4 N–H and O–H groups in total. The summed E-state index contributed by atoms with van der Waals surface area (Å²) in [5, 5.41) is 9.35. The summed E-state index contributed by atoms with van der Waals surface area (Å²) < 4.78 is 43.5. The molecule has 3 aromatic rings. The normalized spacial score (nSPS) is 19.6. The van der Waals surface area contributed by atoms with Gasteiger partial charge in [0.15, 0.2) is 11.5 Å². The summed E-state index contributed by atoms with van der Waals surface area (Å²) >= 11 is 6.26. The summed E-state index contributed by atoms with van der Waals surface area (Å²) in [6, 6.07) is 4.47. The van der Waals surface area contributed by atoms with Crippen molar-refractivity contribution in [3.8, 4) is 11.3 Å². The number of nitrogens with zero attached hydrogens (tertiary/aromatic N) is 4. The Morgan fingerprint density at radius 2 is 1.92 bits per heavy atom. The molecule has 0 spiro atoms. The van der Waals surface area contributed by atoms with Crippen LogP contribution in [0.25, 0.3) is 11.3 Å². The molecule has 5 rings (SSSR count). The van der Waals surface area contributed by atoms with Crippen LogP contribution in [0.3, 0.4) is 0 Å². The van der Waals surface area contributed by atoms with Gasteiger partial charge in [-0.15, -0.1) is 0 Å². The van der Waals surface area contributed by atoms with Crippen molar-refractivity contribution in [3.05, 3.63) is 52.7 Å². The fourth-order valence-electron chi connectivity index (χ4n) is 4.19. The van der Waals surface area contributed by atoms with E-state index in [4.69, 9.17) is 17.3 Å². The van der Waals surface area contributed by atoms with E-state index in [1.165, 1.54) is 46.9 Å². The first kappa shape index (κ1) is 24.3. The number of nitrogens with one attached hydrogen (secondary N) is 2. The van der Waals surface area contributed by atoms with E-state index in [-0.39, 0.29) is 51.7 Å². The maximum absolute atomic E-state index is 13.6. The quantitative estimate of drug-likeness (QED) is 0.456. The molecule has 0 radical (unpaired) electrons. The van der Waals surface area contributed by atoms with Crippen LogP contribution in [0.5, 0.6) is 0 Å². The van der Waals surface area contributed by atoms with Crippen LogP contribution in [-0.2, 0) is 13.2 Å². The molecule has 0 atom stereocenters. The Morgan fingerprint density at radius 3 is 2.53 bits per heavy atom. The van der Waals surface area contributed by atoms with Crippen molar-refractivity contribution in [3.63, 3.8) is 0 Å². The second-order valence-electron chi connectivity index (χ2n) is 9.18. The maximum atomic E-state index is 13.6. The fourth-order valence-corrected chi connectivity index (χ4v) is 4.46. The number of hydrogen-bond donors (Lipinski definition) is 3. The molecular formula is C23H23ClF3N7O2. The number of carbonyl (C=O) groups is 2. The lowest BCUT2D eigenvalue weighted by molar-refractivity contribution is -0.141. The van der Waals surface area contributed by atoms with Crippen LogP contribution in [0.2, 0.25) is 5.02 Å². The van der Waals surface area contributed by atoms with Crippen molar-refractivity contribution in [2.24, 2.45) is 12.8 Å². The second-order valence-corrected chi connectivity index (χ2v) is 9.58. The van der Waals surface area contributed by atoms with Gasteiger partial charge in [0.25, 0.3) is 11.8 Å². The minimum Gasteiger partial charge on any atom is -0.349 e. The van der Waals surface area contributed by atoms with Crippen molar-refractivity contribution < 1.29 is 22.8 Å². The number of benzene rings is 1. The third kappa shape index (κ3) is 4.70. The Hall–Kier alpha value is -3.38. The molecular weight excluding hydrogens is 499 g/mol. The van der Waals surface area contributed by atoms with Crippen LogP contribution in [0.4, 0.5) is 18.9 Å². The van der Waals surface area contributed by atoms with E-state index in [0.29, 0.717) is 18.5 Å². The predicted molar refractivity (Wildman–Crippen MR) is 126 cm³/mol. The molecule has 0 unspecified atom stereocenters. The molecule has 2 aliphatic rings. The number of aromatic nitrogens is 4. The average molecular weight is 522 g/mol. The van der Waals surface area contributed by atoms with E-state index in [1.54, 1.807) is 0 Å². The molecule has 1 aromatic carbocycles. The summed E-state index contributed by atoms with van der Waals surface area (Å²) in [7, 11) is 1.46. The number of halogens is 4. The first-order valence-corrected chi connectivity index (χ1v) is 11.7. The van der Waals surface area contributed by atoms with E-state index in [0.717, 1.165) is 12.8 Å². The lowest BCUT2D eigenvalue weighted by atomic mass is 9.87. The zero-order valence-electron chi connectivity index (χ0n) is 19.1. The zero-order valence-corrected chi connectivity index (χ0v) is 19.9. The van der Waals surface area contributed by atoms with Crippen LogP contribution in [0.15, 0.2) is 30.6 Å². The van der Waals surface area contributed by atoms with E-state index >= 15 is 0 Å². The molecule has 2 heterocycles. The first-order valence-electron chi connectivity index (χ1n) is 11.4. The molecule has 36 heavy (non-hydrogen) atoms. The first-order chi connectivity index (χ1) is 17.0. The van der Waals surface area contributed by atoms with Crippen LogP contribution < -0.4 is 16.4 Å². The predicted octanol–water partition coefficient (Wildman–Crippen LogP) is 3.76. The highest BCUT2D eigenvalue weighted by Gasteiger charge is 2.40. The van der Waals surface area contributed by atoms with Crippen molar-refractivity contribution >= 4 is 29.1 Å². The summed E-state index contributed by atoms with van der Waals surface area (Å²) in [5.74, 6) is -1.09. The van der Waals surface area contributed by atoms with E-state index in [1.807, 2.05) is 0 Å². The summed E-state index contributed by atoms with van der Waals surface area (Å²) in [6.07, 6.45) is 0.858. The number of alkyl halides is 3. The third-order valence-corrected chi connectivity index (χ3v) is 6.68. The second kappa shape index (κ2) is 8.93. The standard InChI is InChI=1S/C23H23ClF3N7O2/c1-33-18(16-10-34(14-3-4-14)32-19(16)23(25,26)27)9-29-20(33)22(36)30-12-2-5-15(17(24)8-12)21(35)31-13-6-11(28)7-13/h2,5,8-11,13-14H,3-4,6-7,28H2,1H3,(H,30,36)(H,31,35). The highest BCUT2D eigenvalue weighted by molar-refractivity contribution is 6.34. The molecule has 13 heteroatoms. The van der Waals surface area contributed by atoms with Gasteiger partial charge in [-0.1, -0.05) is 11.6 Å². The molecule has 2 amide bonds. The van der Waals surface area contributed by atoms with Crippen molar-refractivity contribution in [2.45, 2.75) is 50.0 Å². The van der Waals surface area contributed by atoms with Gasteiger partial charge in [-0.25, -0.2) is 4.98 Å². The number of rotatable bonds is 6. The largest absolute Gasteiger partial charge is 0.435 e. The van der Waals surface area contributed by atoms with Gasteiger partial charge in [0.1, 0.15) is 0 Å². The van der Waals surface area contributed by atoms with Crippen LogP contribution >= 0.6 is 11.6 Å². The number of amides is 2. The van der Waals surface area contributed by atoms with Crippen LogP contribution in [-0.4, -0.2) is 43.2 Å². The van der Waals surface area contributed by atoms with E-state index < -0.39 is 17.8 Å². The van der Waals surface area contributed by atoms with Gasteiger partial charge in [-0.05, 0) is 43.9 Å². The minimum atomic E-state index is -4.66. The van der Waals surface area contributed by atoms with Gasteiger partial charge in [0, 0.05) is 31.0 Å².